The Bertz CT molecular complexity index is 396. The van der Waals surface area contributed by atoms with Gasteiger partial charge in [0.2, 0.25) is 0 Å². The molecule has 1 aromatic carbocycles. The van der Waals surface area contributed by atoms with Gasteiger partial charge in [0, 0.05) is 11.0 Å². The van der Waals surface area contributed by atoms with Gasteiger partial charge in [0.05, 0.1) is 6.10 Å². The monoisotopic (exact) mass is 325 g/mol. The number of rotatable bonds is 4. The van der Waals surface area contributed by atoms with Crippen molar-refractivity contribution < 1.29 is 5.11 Å². The molecule has 0 bridgehead atoms. The van der Waals surface area contributed by atoms with E-state index in [1.807, 2.05) is 24.3 Å². The van der Waals surface area contributed by atoms with Crippen LogP contribution in [0.3, 0.4) is 0 Å². The summed E-state index contributed by atoms with van der Waals surface area (Å²) in [7, 11) is 0. The number of hydrogen-bond acceptors (Lipinski definition) is 2. The van der Waals surface area contributed by atoms with Crippen molar-refractivity contribution in [3.05, 3.63) is 34.3 Å². The van der Waals surface area contributed by atoms with Gasteiger partial charge in [-0.2, -0.15) is 0 Å². The zero-order valence-electron chi connectivity index (χ0n) is 11.7. The Kier molecular flexibility index (Phi) is 5.86. The Morgan fingerprint density at radius 2 is 2.21 bits per heavy atom. The van der Waals surface area contributed by atoms with Crippen LogP contribution in [-0.4, -0.2) is 29.6 Å². The van der Waals surface area contributed by atoms with E-state index in [4.69, 9.17) is 0 Å². The highest BCUT2D eigenvalue weighted by molar-refractivity contribution is 9.10. The topological polar surface area (TPSA) is 23.5 Å². The predicted molar refractivity (Wildman–Crippen MR) is 83.2 cm³/mol. The summed E-state index contributed by atoms with van der Waals surface area (Å²) in [5, 5.41) is 10.3. The summed E-state index contributed by atoms with van der Waals surface area (Å²) in [6, 6.07) is 7.98. The Balaban J connectivity index is 1.81. The van der Waals surface area contributed by atoms with Crippen LogP contribution in [0.1, 0.15) is 44.3 Å². The van der Waals surface area contributed by atoms with Gasteiger partial charge in [-0.3, -0.25) is 0 Å². The fraction of sp³-hybridized carbons (Fsp3) is 0.625. The van der Waals surface area contributed by atoms with Gasteiger partial charge in [-0.1, -0.05) is 35.0 Å². The summed E-state index contributed by atoms with van der Waals surface area (Å²) in [4.78, 5) is 2.50. The lowest BCUT2D eigenvalue weighted by Gasteiger charge is -2.21. The highest BCUT2D eigenvalue weighted by Crippen LogP contribution is 2.22. The van der Waals surface area contributed by atoms with E-state index in [0.29, 0.717) is 0 Å². The molecule has 1 aliphatic heterocycles. The molecule has 1 aromatic rings. The molecule has 19 heavy (non-hydrogen) atoms. The van der Waals surface area contributed by atoms with E-state index < -0.39 is 0 Å². The minimum absolute atomic E-state index is 0.349. The second kappa shape index (κ2) is 7.41. The quantitative estimate of drug-likeness (QED) is 0.904. The minimum atomic E-state index is -0.349. The molecular weight excluding hydrogens is 302 g/mol. The largest absolute Gasteiger partial charge is 0.388 e. The third-order valence-electron chi connectivity index (χ3n) is 4.06. The molecule has 1 saturated heterocycles. The lowest BCUT2D eigenvalue weighted by molar-refractivity contribution is 0.142. The van der Waals surface area contributed by atoms with Crippen molar-refractivity contribution in [2.75, 3.05) is 19.6 Å². The van der Waals surface area contributed by atoms with Crippen LogP contribution < -0.4 is 0 Å². The Hall–Kier alpha value is -0.380. The molecule has 2 atom stereocenters. The van der Waals surface area contributed by atoms with Gasteiger partial charge >= 0.3 is 0 Å². The van der Waals surface area contributed by atoms with Crippen LogP contribution in [0.15, 0.2) is 28.7 Å². The maximum Gasteiger partial charge on any atom is 0.0802 e. The summed E-state index contributed by atoms with van der Waals surface area (Å²) in [6.45, 7) is 5.72. The standard InChI is InChI=1S/C16H24BrNO/c1-13-4-3-9-18(10-7-13)11-8-16(19)14-5-2-6-15(17)12-14/h2,5-6,12-13,16,19H,3-4,7-11H2,1H3. The molecule has 106 valence electrons. The van der Waals surface area contributed by atoms with Gasteiger partial charge in [0.25, 0.3) is 0 Å². The highest BCUT2D eigenvalue weighted by atomic mass is 79.9. The molecule has 0 radical (unpaired) electrons. The zero-order chi connectivity index (χ0) is 13.7. The zero-order valence-corrected chi connectivity index (χ0v) is 13.3. The molecule has 2 unspecified atom stereocenters. The molecule has 0 amide bonds. The molecule has 1 N–H and O–H groups in total. The van der Waals surface area contributed by atoms with E-state index in [1.54, 1.807) is 0 Å². The van der Waals surface area contributed by atoms with Crippen LogP contribution in [0.4, 0.5) is 0 Å². The first-order valence-electron chi connectivity index (χ1n) is 7.31. The van der Waals surface area contributed by atoms with E-state index in [9.17, 15) is 5.11 Å². The second-order valence-electron chi connectivity index (χ2n) is 5.74. The van der Waals surface area contributed by atoms with E-state index in [2.05, 4.69) is 27.8 Å². The van der Waals surface area contributed by atoms with Crippen molar-refractivity contribution in [1.29, 1.82) is 0 Å². The molecule has 0 aromatic heterocycles. The van der Waals surface area contributed by atoms with Crippen LogP contribution in [-0.2, 0) is 0 Å². The normalized spacial score (nSPS) is 23.0. The van der Waals surface area contributed by atoms with Crippen LogP contribution in [0.5, 0.6) is 0 Å². The maximum absolute atomic E-state index is 10.3. The van der Waals surface area contributed by atoms with Gasteiger partial charge in [-0.25, -0.2) is 0 Å². The summed E-state index contributed by atoms with van der Waals surface area (Å²) in [5.74, 6) is 0.861. The Labute approximate surface area is 124 Å². The first-order valence-corrected chi connectivity index (χ1v) is 8.10. The third-order valence-corrected chi connectivity index (χ3v) is 4.55. The number of likely N-dealkylation sites (tertiary alicyclic amines) is 1. The smallest absolute Gasteiger partial charge is 0.0802 e. The minimum Gasteiger partial charge on any atom is -0.388 e. The Morgan fingerprint density at radius 3 is 3.00 bits per heavy atom. The third kappa shape index (κ3) is 4.90. The van der Waals surface area contributed by atoms with Gasteiger partial charge in [-0.05, 0) is 62.4 Å². The summed E-state index contributed by atoms with van der Waals surface area (Å²) < 4.78 is 1.03. The van der Waals surface area contributed by atoms with Crippen molar-refractivity contribution in [3.8, 4) is 0 Å². The first kappa shape index (κ1) is 15.0. The Morgan fingerprint density at radius 1 is 1.37 bits per heavy atom. The van der Waals surface area contributed by atoms with Gasteiger partial charge in [-0.15, -0.1) is 0 Å². The maximum atomic E-state index is 10.3. The van der Waals surface area contributed by atoms with Crippen LogP contribution in [0.2, 0.25) is 0 Å². The lowest BCUT2D eigenvalue weighted by atomic mass is 10.0. The number of aliphatic hydroxyl groups excluding tert-OH is 1. The van der Waals surface area contributed by atoms with Crippen LogP contribution in [0, 0.1) is 5.92 Å². The molecule has 1 heterocycles. The molecule has 0 saturated carbocycles. The molecule has 1 aliphatic rings. The average Bonchev–Trinajstić information content (AvgIpc) is 2.61. The van der Waals surface area contributed by atoms with E-state index in [1.165, 1.54) is 32.4 Å². The average molecular weight is 326 g/mol. The van der Waals surface area contributed by atoms with Gasteiger partial charge in [0.1, 0.15) is 0 Å². The van der Waals surface area contributed by atoms with Crippen molar-refractivity contribution in [1.82, 2.24) is 4.90 Å². The lowest BCUT2D eigenvalue weighted by Crippen LogP contribution is -2.27. The molecule has 3 heteroatoms. The fourth-order valence-electron chi connectivity index (χ4n) is 2.73. The van der Waals surface area contributed by atoms with Crippen LogP contribution in [0.25, 0.3) is 0 Å². The van der Waals surface area contributed by atoms with Gasteiger partial charge < -0.3 is 10.0 Å². The molecular formula is C16H24BrNO. The number of hydrogen-bond donors (Lipinski definition) is 1. The molecule has 1 fully saturated rings. The number of halogens is 1. The summed E-state index contributed by atoms with van der Waals surface area (Å²) in [5.41, 5.74) is 1.01. The van der Waals surface area contributed by atoms with E-state index in [-0.39, 0.29) is 6.10 Å². The van der Waals surface area contributed by atoms with Crippen molar-refractivity contribution >= 4 is 15.9 Å². The number of aliphatic hydroxyl groups is 1. The number of benzene rings is 1. The number of nitrogens with zero attached hydrogens (tertiary/aromatic N) is 1. The van der Waals surface area contributed by atoms with E-state index in [0.717, 1.165) is 28.9 Å². The molecule has 2 rings (SSSR count). The van der Waals surface area contributed by atoms with Gasteiger partial charge in [0.15, 0.2) is 0 Å². The summed E-state index contributed by atoms with van der Waals surface area (Å²) >= 11 is 3.45. The molecule has 0 aliphatic carbocycles. The summed E-state index contributed by atoms with van der Waals surface area (Å²) in [6.07, 6.45) is 4.43. The predicted octanol–water partition coefficient (Wildman–Crippen LogP) is 3.99. The fourth-order valence-corrected chi connectivity index (χ4v) is 3.15. The van der Waals surface area contributed by atoms with Crippen molar-refractivity contribution in [2.24, 2.45) is 5.92 Å². The van der Waals surface area contributed by atoms with Crippen LogP contribution >= 0.6 is 15.9 Å². The highest BCUT2D eigenvalue weighted by Gasteiger charge is 2.15. The molecule has 2 nitrogen and oxygen atoms in total. The SMILES string of the molecule is CC1CCCN(CCC(O)c2cccc(Br)c2)CC1. The van der Waals surface area contributed by atoms with E-state index >= 15 is 0 Å². The first-order chi connectivity index (χ1) is 9.15. The van der Waals surface area contributed by atoms with Crippen molar-refractivity contribution in [2.45, 2.75) is 38.7 Å². The second-order valence-corrected chi connectivity index (χ2v) is 6.65. The van der Waals surface area contributed by atoms with Crippen molar-refractivity contribution in [3.63, 3.8) is 0 Å². The molecule has 0 spiro atoms.